The van der Waals surface area contributed by atoms with Crippen molar-refractivity contribution in [2.75, 3.05) is 10.2 Å². The van der Waals surface area contributed by atoms with Crippen LogP contribution in [-0.2, 0) is 16.8 Å². The Kier molecular flexibility index (Phi) is 5.67. The summed E-state index contributed by atoms with van der Waals surface area (Å²) in [5, 5.41) is 4.48. The zero-order valence-corrected chi connectivity index (χ0v) is 18.0. The zero-order chi connectivity index (χ0) is 21.8. The Balaban J connectivity index is 1.58. The summed E-state index contributed by atoms with van der Waals surface area (Å²) >= 11 is 0. The fraction of sp³-hybridized carbons (Fsp3) is 0.192. The molecule has 0 unspecified atom stereocenters. The van der Waals surface area contributed by atoms with E-state index < -0.39 is 0 Å². The maximum atomic E-state index is 12.0. The van der Waals surface area contributed by atoms with E-state index in [0.29, 0.717) is 18.1 Å². The number of fused-ring (bicyclic) bond motifs is 1. The molecule has 0 atom stereocenters. The van der Waals surface area contributed by atoms with E-state index in [-0.39, 0.29) is 5.41 Å². The molecule has 0 saturated heterocycles. The first-order valence-corrected chi connectivity index (χ1v) is 10.3. The fourth-order valence-electron chi connectivity index (χ4n) is 3.53. The van der Waals surface area contributed by atoms with E-state index in [1.807, 2.05) is 48.5 Å². The third kappa shape index (κ3) is 4.56. The van der Waals surface area contributed by atoms with Crippen LogP contribution in [0.3, 0.4) is 0 Å². The number of nitrogens with one attached hydrogen (secondary N) is 1. The standard InChI is InChI=1S/C26H26N4O/c1-26(2,3)21-9-11-22(12-10-21)30(18-31)24-7-5-15-28-25(24)29-17-19-8-13-23-20(16-19)6-4-14-27-23/h4-16,18H,17H2,1-3H3,(H,28,29). The van der Waals surface area contributed by atoms with Gasteiger partial charge in [-0.2, -0.15) is 0 Å². The fourth-order valence-corrected chi connectivity index (χ4v) is 3.53. The second-order valence-corrected chi connectivity index (χ2v) is 8.53. The summed E-state index contributed by atoms with van der Waals surface area (Å²) < 4.78 is 0. The smallest absolute Gasteiger partial charge is 0.218 e. The molecule has 0 radical (unpaired) electrons. The van der Waals surface area contributed by atoms with Gasteiger partial charge >= 0.3 is 0 Å². The normalized spacial score (nSPS) is 11.3. The maximum absolute atomic E-state index is 12.0. The van der Waals surface area contributed by atoms with Gasteiger partial charge in [0.05, 0.1) is 11.2 Å². The quantitative estimate of drug-likeness (QED) is 0.406. The number of hydrogen-bond donors (Lipinski definition) is 1. The molecule has 0 fully saturated rings. The van der Waals surface area contributed by atoms with Crippen LogP contribution in [0.15, 0.2) is 79.1 Å². The number of pyridine rings is 2. The van der Waals surface area contributed by atoms with E-state index in [9.17, 15) is 4.79 Å². The van der Waals surface area contributed by atoms with Crippen LogP contribution in [0.5, 0.6) is 0 Å². The van der Waals surface area contributed by atoms with Crippen LogP contribution in [0.2, 0.25) is 0 Å². The average molecular weight is 411 g/mol. The van der Waals surface area contributed by atoms with E-state index in [1.54, 1.807) is 17.3 Å². The molecule has 4 rings (SSSR count). The third-order valence-corrected chi connectivity index (χ3v) is 5.29. The molecule has 2 heterocycles. The van der Waals surface area contributed by atoms with Crippen LogP contribution in [0.4, 0.5) is 17.2 Å². The summed E-state index contributed by atoms with van der Waals surface area (Å²) in [4.78, 5) is 22.5. The van der Waals surface area contributed by atoms with Crippen LogP contribution < -0.4 is 10.2 Å². The molecule has 2 aromatic carbocycles. The van der Waals surface area contributed by atoms with Crippen molar-refractivity contribution in [1.82, 2.24) is 9.97 Å². The summed E-state index contributed by atoms with van der Waals surface area (Å²) in [5.74, 6) is 0.654. The highest BCUT2D eigenvalue weighted by Crippen LogP contribution is 2.31. The van der Waals surface area contributed by atoms with E-state index in [2.05, 4.69) is 54.3 Å². The Labute approximate surface area is 182 Å². The summed E-state index contributed by atoms with van der Waals surface area (Å²) in [6, 6.07) is 22.0. The average Bonchev–Trinajstić information content (AvgIpc) is 2.78. The van der Waals surface area contributed by atoms with E-state index >= 15 is 0 Å². The molecule has 5 nitrogen and oxygen atoms in total. The molecule has 1 amide bonds. The third-order valence-electron chi connectivity index (χ3n) is 5.29. The lowest BCUT2D eigenvalue weighted by Crippen LogP contribution is -2.17. The molecular formula is C26H26N4O. The van der Waals surface area contributed by atoms with Gasteiger partial charge in [0, 0.05) is 30.0 Å². The Morgan fingerprint density at radius 1 is 0.935 bits per heavy atom. The molecule has 2 aromatic heterocycles. The molecule has 0 aliphatic rings. The molecule has 0 spiro atoms. The van der Waals surface area contributed by atoms with Crippen LogP contribution in [0, 0.1) is 0 Å². The van der Waals surface area contributed by atoms with Crippen LogP contribution in [-0.4, -0.2) is 16.4 Å². The molecule has 0 aliphatic heterocycles. The number of amides is 1. The van der Waals surface area contributed by atoms with Gasteiger partial charge in [0.2, 0.25) is 6.41 Å². The van der Waals surface area contributed by atoms with Crippen molar-refractivity contribution < 1.29 is 4.79 Å². The van der Waals surface area contributed by atoms with E-state index in [0.717, 1.165) is 28.6 Å². The van der Waals surface area contributed by atoms with Crippen molar-refractivity contribution in [2.45, 2.75) is 32.7 Å². The molecule has 4 aromatic rings. The number of benzene rings is 2. The SMILES string of the molecule is CC(C)(C)c1ccc(N(C=O)c2cccnc2NCc2ccc3ncccc3c2)cc1. The predicted molar refractivity (Wildman–Crippen MR) is 127 cm³/mol. The van der Waals surface area contributed by atoms with Crippen molar-refractivity contribution in [1.29, 1.82) is 0 Å². The number of hydrogen-bond acceptors (Lipinski definition) is 4. The number of nitrogens with zero attached hydrogens (tertiary/aromatic N) is 3. The minimum absolute atomic E-state index is 0.0565. The van der Waals surface area contributed by atoms with Gasteiger partial charge < -0.3 is 5.32 Å². The molecule has 31 heavy (non-hydrogen) atoms. The van der Waals surface area contributed by atoms with Gasteiger partial charge in [0.25, 0.3) is 0 Å². The Hall–Kier alpha value is -3.73. The van der Waals surface area contributed by atoms with Crippen LogP contribution in [0.25, 0.3) is 10.9 Å². The van der Waals surface area contributed by atoms with Crippen molar-refractivity contribution in [2.24, 2.45) is 0 Å². The minimum atomic E-state index is 0.0565. The number of rotatable bonds is 6. The highest BCUT2D eigenvalue weighted by atomic mass is 16.1. The summed E-state index contributed by atoms with van der Waals surface area (Å²) in [7, 11) is 0. The van der Waals surface area contributed by atoms with Gasteiger partial charge in [-0.15, -0.1) is 0 Å². The lowest BCUT2D eigenvalue weighted by molar-refractivity contribution is -0.106. The van der Waals surface area contributed by atoms with Gasteiger partial charge in [-0.25, -0.2) is 4.98 Å². The van der Waals surface area contributed by atoms with Crippen LogP contribution >= 0.6 is 0 Å². The highest BCUT2D eigenvalue weighted by Gasteiger charge is 2.17. The van der Waals surface area contributed by atoms with Gasteiger partial charge in [-0.05, 0) is 59.0 Å². The van der Waals surface area contributed by atoms with Gasteiger partial charge in [0.15, 0.2) is 5.82 Å². The summed E-state index contributed by atoms with van der Waals surface area (Å²) in [6.45, 7) is 7.10. The Morgan fingerprint density at radius 2 is 1.68 bits per heavy atom. The molecule has 0 saturated carbocycles. The summed E-state index contributed by atoms with van der Waals surface area (Å²) in [6.07, 6.45) is 4.35. The van der Waals surface area contributed by atoms with Gasteiger partial charge in [0.1, 0.15) is 0 Å². The van der Waals surface area contributed by atoms with Gasteiger partial charge in [-0.3, -0.25) is 14.7 Å². The first-order valence-electron chi connectivity index (χ1n) is 10.3. The Bertz CT molecular complexity index is 1200. The topological polar surface area (TPSA) is 58.1 Å². The lowest BCUT2D eigenvalue weighted by Gasteiger charge is -2.23. The number of carbonyl (C=O) groups is 1. The minimum Gasteiger partial charge on any atom is -0.364 e. The molecule has 5 heteroatoms. The van der Waals surface area contributed by atoms with Crippen molar-refractivity contribution in [3.63, 3.8) is 0 Å². The highest BCUT2D eigenvalue weighted by molar-refractivity contribution is 5.90. The molecule has 1 N–H and O–H groups in total. The number of anilines is 3. The van der Waals surface area contributed by atoms with Crippen molar-refractivity contribution >= 4 is 34.5 Å². The molecule has 156 valence electrons. The second kappa shape index (κ2) is 8.56. The molecular weight excluding hydrogens is 384 g/mol. The van der Waals surface area contributed by atoms with Crippen LogP contribution in [0.1, 0.15) is 31.9 Å². The number of carbonyl (C=O) groups excluding carboxylic acids is 1. The first kappa shape index (κ1) is 20.5. The molecule has 0 bridgehead atoms. The first-order chi connectivity index (χ1) is 15.0. The van der Waals surface area contributed by atoms with E-state index in [1.165, 1.54) is 5.56 Å². The predicted octanol–water partition coefficient (Wildman–Crippen LogP) is 5.83. The second-order valence-electron chi connectivity index (χ2n) is 8.53. The maximum Gasteiger partial charge on any atom is 0.218 e. The molecule has 0 aliphatic carbocycles. The summed E-state index contributed by atoms with van der Waals surface area (Å²) in [5.41, 5.74) is 4.87. The zero-order valence-electron chi connectivity index (χ0n) is 18.0. The van der Waals surface area contributed by atoms with Gasteiger partial charge in [-0.1, -0.05) is 45.0 Å². The monoisotopic (exact) mass is 410 g/mol. The Morgan fingerprint density at radius 3 is 2.42 bits per heavy atom. The van der Waals surface area contributed by atoms with Crippen molar-refractivity contribution in [3.8, 4) is 0 Å². The largest absolute Gasteiger partial charge is 0.364 e. The lowest BCUT2D eigenvalue weighted by atomic mass is 9.87. The number of aromatic nitrogens is 2. The van der Waals surface area contributed by atoms with Crippen molar-refractivity contribution in [3.05, 3.63) is 90.3 Å². The van der Waals surface area contributed by atoms with E-state index in [4.69, 9.17) is 0 Å².